The smallest absolute Gasteiger partial charge is 0.270 e. The highest BCUT2D eigenvalue weighted by molar-refractivity contribution is 5.95. The largest absolute Gasteiger partial charge is 0.368 e. The van der Waals surface area contributed by atoms with Gasteiger partial charge < -0.3 is 24.9 Å². The fourth-order valence-electron chi connectivity index (χ4n) is 5.42. The molecule has 2 aliphatic rings. The van der Waals surface area contributed by atoms with E-state index < -0.39 is 0 Å². The van der Waals surface area contributed by atoms with Crippen LogP contribution in [0.15, 0.2) is 61.2 Å². The van der Waals surface area contributed by atoms with Gasteiger partial charge in [-0.05, 0) is 51.0 Å². The molecule has 2 amide bonds. The Bertz CT molecular complexity index is 1370. The van der Waals surface area contributed by atoms with E-state index in [2.05, 4.69) is 76.0 Å². The van der Waals surface area contributed by atoms with Crippen molar-refractivity contribution in [3.05, 3.63) is 78.1 Å². The molecule has 3 aromatic rings. The van der Waals surface area contributed by atoms with Gasteiger partial charge in [-0.3, -0.25) is 9.59 Å². The lowest BCUT2D eigenvalue weighted by molar-refractivity contribution is -0.126. The van der Waals surface area contributed by atoms with Gasteiger partial charge in [-0.25, -0.2) is 4.98 Å². The minimum absolute atomic E-state index is 0.0350. The minimum Gasteiger partial charge on any atom is -0.368 e. The SMILES string of the molecule is C=CC(=O)N1CCN(c2cc(C(=O)NC[C@@H](C)N(C)C)nc3c2CCN(c2cccc4ccccc24)C3)CC1. The van der Waals surface area contributed by atoms with Gasteiger partial charge in [0.25, 0.3) is 5.91 Å². The molecule has 0 radical (unpaired) electrons. The van der Waals surface area contributed by atoms with Crippen LogP contribution in [0.1, 0.15) is 28.7 Å². The molecule has 0 saturated carbocycles. The number of likely N-dealkylation sites (N-methyl/N-ethyl adjacent to an activating group) is 1. The summed E-state index contributed by atoms with van der Waals surface area (Å²) < 4.78 is 0. The summed E-state index contributed by atoms with van der Waals surface area (Å²) in [6.45, 7) is 10.4. The third-order valence-corrected chi connectivity index (χ3v) is 8.04. The summed E-state index contributed by atoms with van der Waals surface area (Å²) in [5.74, 6) is -0.192. The fraction of sp³-hybridized carbons (Fsp3) is 0.387. The first-order valence-corrected chi connectivity index (χ1v) is 13.7. The highest BCUT2D eigenvalue weighted by Crippen LogP contribution is 2.34. The zero-order valence-corrected chi connectivity index (χ0v) is 23.2. The van der Waals surface area contributed by atoms with E-state index in [4.69, 9.17) is 4.98 Å². The topological polar surface area (TPSA) is 72.0 Å². The lowest BCUT2D eigenvalue weighted by atomic mass is 9.98. The Kier molecular flexibility index (Phi) is 7.84. The van der Waals surface area contributed by atoms with Crippen molar-refractivity contribution in [3.63, 3.8) is 0 Å². The zero-order valence-electron chi connectivity index (χ0n) is 23.2. The average molecular weight is 527 g/mol. The third-order valence-electron chi connectivity index (χ3n) is 8.04. The lowest BCUT2D eigenvalue weighted by Gasteiger charge is -2.39. The van der Waals surface area contributed by atoms with Crippen molar-refractivity contribution >= 4 is 34.0 Å². The van der Waals surface area contributed by atoms with Gasteiger partial charge in [-0.15, -0.1) is 0 Å². The molecular weight excluding hydrogens is 488 g/mol. The van der Waals surface area contributed by atoms with Crippen LogP contribution < -0.4 is 15.1 Å². The molecule has 0 unspecified atom stereocenters. The lowest BCUT2D eigenvalue weighted by Crippen LogP contribution is -2.49. The van der Waals surface area contributed by atoms with Gasteiger partial charge in [0.05, 0.1) is 12.2 Å². The molecule has 3 heterocycles. The van der Waals surface area contributed by atoms with Gasteiger partial charge >= 0.3 is 0 Å². The summed E-state index contributed by atoms with van der Waals surface area (Å²) in [5, 5.41) is 5.51. The van der Waals surface area contributed by atoms with Crippen molar-refractivity contribution in [2.24, 2.45) is 0 Å². The zero-order chi connectivity index (χ0) is 27.5. The Hall–Kier alpha value is -3.91. The van der Waals surface area contributed by atoms with Crippen LogP contribution in [-0.2, 0) is 17.8 Å². The predicted octanol–water partition coefficient (Wildman–Crippen LogP) is 3.31. The maximum absolute atomic E-state index is 13.3. The molecule has 1 atom stereocenters. The second-order valence-corrected chi connectivity index (χ2v) is 10.7. The highest BCUT2D eigenvalue weighted by Gasteiger charge is 2.28. The van der Waals surface area contributed by atoms with Crippen molar-refractivity contribution in [3.8, 4) is 0 Å². The van der Waals surface area contributed by atoms with Crippen molar-refractivity contribution < 1.29 is 9.59 Å². The van der Waals surface area contributed by atoms with Crippen molar-refractivity contribution in [2.45, 2.75) is 25.9 Å². The number of fused-ring (bicyclic) bond motifs is 2. The molecule has 0 aliphatic carbocycles. The number of rotatable bonds is 7. The number of hydrogen-bond acceptors (Lipinski definition) is 6. The number of carbonyl (C=O) groups is 2. The minimum atomic E-state index is -0.157. The molecule has 8 heteroatoms. The molecule has 1 N–H and O–H groups in total. The van der Waals surface area contributed by atoms with Crippen LogP contribution in [0.3, 0.4) is 0 Å². The molecular formula is C31H38N6O2. The predicted molar refractivity (Wildman–Crippen MR) is 157 cm³/mol. The van der Waals surface area contributed by atoms with Gasteiger partial charge in [-0.1, -0.05) is 43.0 Å². The molecule has 39 heavy (non-hydrogen) atoms. The van der Waals surface area contributed by atoms with Crippen molar-refractivity contribution in [1.29, 1.82) is 0 Å². The van der Waals surface area contributed by atoms with E-state index in [-0.39, 0.29) is 17.9 Å². The molecule has 1 aromatic heterocycles. The number of nitrogens with one attached hydrogen (secondary N) is 1. The summed E-state index contributed by atoms with van der Waals surface area (Å²) in [5.41, 5.74) is 4.84. The molecule has 0 bridgehead atoms. The summed E-state index contributed by atoms with van der Waals surface area (Å²) >= 11 is 0. The molecule has 1 saturated heterocycles. The molecule has 2 aromatic carbocycles. The molecule has 5 rings (SSSR count). The first-order valence-electron chi connectivity index (χ1n) is 13.7. The summed E-state index contributed by atoms with van der Waals surface area (Å²) in [4.78, 5) is 39.0. The normalized spacial score (nSPS) is 16.3. The second kappa shape index (κ2) is 11.5. The number of amides is 2. The monoisotopic (exact) mass is 526 g/mol. The standard InChI is InChI=1S/C31H38N6O2/c1-5-30(38)36-17-15-35(16-18-36)29-19-26(31(39)32-20-22(2)34(3)4)33-27-21-37(14-13-25(27)29)28-12-8-10-23-9-6-7-11-24(23)28/h5-12,19,22H,1,13-18,20-21H2,2-4H3,(H,32,39)/t22-/m1/s1. The van der Waals surface area contributed by atoms with Crippen LogP contribution in [0.4, 0.5) is 11.4 Å². The van der Waals surface area contributed by atoms with Crippen LogP contribution in [0.5, 0.6) is 0 Å². The number of aromatic nitrogens is 1. The van der Waals surface area contributed by atoms with E-state index in [0.29, 0.717) is 45.0 Å². The van der Waals surface area contributed by atoms with E-state index in [1.807, 2.05) is 25.1 Å². The molecule has 2 aliphatic heterocycles. The Balaban J connectivity index is 1.46. The second-order valence-electron chi connectivity index (χ2n) is 10.7. The number of piperazine rings is 1. The van der Waals surface area contributed by atoms with Crippen LogP contribution in [-0.4, -0.2) is 86.0 Å². The highest BCUT2D eigenvalue weighted by atomic mass is 16.2. The van der Waals surface area contributed by atoms with Gasteiger partial charge in [0.1, 0.15) is 5.69 Å². The molecule has 8 nitrogen and oxygen atoms in total. The van der Waals surface area contributed by atoms with E-state index in [1.165, 1.54) is 28.1 Å². The summed E-state index contributed by atoms with van der Waals surface area (Å²) in [6.07, 6.45) is 2.22. The fourth-order valence-corrected chi connectivity index (χ4v) is 5.42. The number of hydrogen-bond donors (Lipinski definition) is 1. The van der Waals surface area contributed by atoms with E-state index in [0.717, 1.165) is 24.3 Å². The Morgan fingerprint density at radius 2 is 1.77 bits per heavy atom. The third kappa shape index (κ3) is 5.61. The quantitative estimate of drug-likeness (QED) is 0.477. The van der Waals surface area contributed by atoms with E-state index >= 15 is 0 Å². The van der Waals surface area contributed by atoms with E-state index in [9.17, 15) is 9.59 Å². The number of pyridine rings is 1. The summed E-state index contributed by atoms with van der Waals surface area (Å²) in [7, 11) is 4.01. The van der Waals surface area contributed by atoms with Crippen LogP contribution >= 0.6 is 0 Å². The van der Waals surface area contributed by atoms with Crippen LogP contribution in [0.25, 0.3) is 10.8 Å². The van der Waals surface area contributed by atoms with Gasteiger partial charge in [0.15, 0.2) is 0 Å². The Morgan fingerprint density at radius 3 is 2.51 bits per heavy atom. The average Bonchev–Trinajstić information content (AvgIpc) is 2.98. The number of benzene rings is 2. The van der Waals surface area contributed by atoms with Crippen molar-refractivity contribution in [1.82, 2.24) is 20.1 Å². The Labute approximate surface area is 230 Å². The van der Waals surface area contributed by atoms with Crippen LogP contribution in [0, 0.1) is 0 Å². The van der Waals surface area contributed by atoms with Gasteiger partial charge in [-0.2, -0.15) is 0 Å². The maximum atomic E-state index is 13.3. The summed E-state index contributed by atoms with van der Waals surface area (Å²) in [6, 6.07) is 17.0. The number of anilines is 2. The molecule has 204 valence electrons. The Morgan fingerprint density at radius 1 is 1.03 bits per heavy atom. The first kappa shape index (κ1) is 26.7. The molecule has 1 fully saturated rings. The number of carbonyl (C=O) groups excluding carboxylic acids is 2. The maximum Gasteiger partial charge on any atom is 0.270 e. The van der Waals surface area contributed by atoms with Gasteiger partial charge in [0, 0.05) is 67.6 Å². The van der Waals surface area contributed by atoms with Crippen molar-refractivity contribution in [2.75, 3.05) is 63.2 Å². The van der Waals surface area contributed by atoms with Gasteiger partial charge in [0.2, 0.25) is 5.91 Å². The molecule has 0 spiro atoms. The van der Waals surface area contributed by atoms with Crippen LogP contribution in [0.2, 0.25) is 0 Å². The van der Waals surface area contributed by atoms with E-state index in [1.54, 1.807) is 0 Å². The number of nitrogens with zero attached hydrogens (tertiary/aromatic N) is 5. The first-order chi connectivity index (χ1) is 18.9.